The van der Waals surface area contributed by atoms with E-state index in [1.54, 1.807) is 0 Å². The SMILES string of the molecule is N[C@@H](CC(=O)O)c1cnc(C(=O)O)c(F)c1. The summed E-state index contributed by atoms with van der Waals surface area (Å²) in [7, 11) is 0. The maximum Gasteiger partial charge on any atom is 0.357 e. The van der Waals surface area contributed by atoms with Gasteiger partial charge in [0.05, 0.1) is 6.42 Å². The van der Waals surface area contributed by atoms with Gasteiger partial charge < -0.3 is 15.9 Å². The first-order valence-corrected chi connectivity index (χ1v) is 4.28. The molecule has 1 heterocycles. The predicted molar refractivity (Wildman–Crippen MR) is 50.3 cm³/mol. The summed E-state index contributed by atoms with van der Waals surface area (Å²) >= 11 is 0. The van der Waals surface area contributed by atoms with E-state index >= 15 is 0 Å². The number of halogens is 1. The number of hydrogen-bond donors (Lipinski definition) is 3. The van der Waals surface area contributed by atoms with Crippen LogP contribution in [0.5, 0.6) is 0 Å². The van der Waals surface area contributed by atoms with Gasteiger partial charge in [0.1, 0.15) is 0 Å². The number of aromatic carboxylic acids is 1. The highest BCUT2D eigenvalue weighted by Gasteiger charge is 2.16. The van der Waals surface area contributed by atoms with Crippen LogP contribution in [0.3, 0.4) is 0 Å². The van der Waals surface area contributed by atoms with Crippen molar-refractivity contribution >= 4 is 11.9 Å². The molecule has 6 nitrogen and oxygen atoms in total. The van der Waals surface area contributed by atoms with Gasteiger partial charge >= 0.3 is 11.9 Å². The van der Waals surface area contributed by atoms with Gasteiger partial charge in [0.15, 0.2) is 11.5 Å². The van der Waals surface area contributed by atoms with Crippen molar-refractivity contribution in [3.63, 3.8) is 0 Å². The van der Waals surface area contributed by atoms with E-state index < -0.39 is 29.5 Å². The van der Waals surface area contributed by atoms with Crippen LogP contribution in [0.15, 0.2) is 12.3 Å². The molecule has 86 valence electrons. The van der Waals surface area contributed by atoms with Crippen LogP contribution < -0.4 is 5.73 Å². The van der Waals surface area contributed by atoms with Crippen LogP contribution in [-0.2, 0) is 4.79 Å². The van der Waals surface area contributed by atoms with E-state index in [1.807, 2.05) is 0 Å². The molecule has 0 spiro atoms. The highest BCUT2D eigenvalue weighted by atomic mass is 19.1. The van der Waals surface area contributed by atoms with E-state index in [2.05, 4.69) is 4.98 Å². The molecule has 16 heavy (non-hydrogen) atoms. The lowest BCUT2D eigenvalue weighted by Gasteiger charge is -2.09. The van der Waals surface area contributed by atoms with Crippen LogP contribution in [0, 0.1) is 5.82 Å². The number of nitrogens with zero attached hydrogens (tertiary/aromatic N) is 1. The van der Waals surface area contributed by atoms with Crippen molar-refractivity contribution in [2.24, 2.45) is 5.73 Å². The fraction of sp³-hybridized carbons (Fsp3) is 0.222. The Bertz CT molecular complexity index is 436. The van der Waals surface area contributed by atoms with Crippen molar-refractivity contribution in [1.29, 1.82) is 0 Å². The normalized spacial score (nSPS) is 12.1. The van der Waals surface area contributed by atoms with E-state index in [4.69, 9.17) is 15.9 Å². The van der Waals surface area contributed by atoms with Crippen LogP contribution >= 0.6 is 0 Å². The Labute approximate surface area is 89.5 Å². The Hall–Kier alpha value is -2.02. The number of nitrogens with two attached hydrogens (primary N) is 1. The molecule has 0 radical (unpaired) electrons. The minimum absolute atomic E-state index is 0.143. The lowest BCUT2D eigenvalue weighted by molar-refractivity contribution is -0.137. The largest absolute Gasteiger partial charge is 0.481 e. The molecule has 1 aromatic rings. The second kappa shape index (κ2) is 4.67. The van der Waals surface area contributed by atoms with Crippen LogP contribution in [0.25, 0.3) is 0 Å². The molecule has 7 heteroatoms. The number of hydrogen-bond acceptors (Lipinski definition) is 4. The molecule has 0 aliphatic carbocycles. The van der Waals surface area contributed by atoms with Gasteiger partial charge in [-0.15, -0.1) is 0 Å². The summed E-state index contributed by atoms with van der Waals surface area (Å²) in [5.41, 5.74) is 4.88. The quantitative estimate of drug-likeness (QED) is 0.687. The van der Waals surface area contributed by atoms with Crippen molar-refractivity contribution in [2.75, 3.05) is 0 Å². The smallest absolute Gasteiger partial charge is 0.357 e. The zero-order valence-corrected chi connectivity index (χ0v) is 8.05. The highest BCUT2D eigenvalue weighted by molar-refractivity contribution is 5.85. The Morgan fingerprint density at radius 2 is 2.12 bits per heavy atom. The van der Waals surface area contributed by atoms with Crippen LogP contribution in [0.4, 0.5) is 4.39 Å². The summed E-state index contributed by atoms with van der Waals surface area (Å²) in [6.45, 7) is 0. The van der Waals surface area contributed by atoms with E-state index in [0.717, 1.165) is 12.3 Å². The third kappa shape index (κ3) is 2.74. The molecule has 0 aliphatic heterocycles. The van der Waals surface area contributed by atoms with E-state index in [9.17, 15) is 14.0 Å². The fourth-order valence-corrected chi connectivity index (χ4v) is 1.12. The lowest BCUT2D eigenvalue weighted by Crippen LogP contribution is -2.16. The molecule has 0 saturated heterocycles. The van der Waals surface area contributed by atoms with E-state index in [1.165, 1.54) is 0 Å². The van der Waals surface area contributed by atoms with E-state index in [-0.39, 0.29) is 12.0 Å². The molecule has 0 fully saturated rings. The molecule has 0 saturated carbocycles. The summed E-state index contributed by atoms with van der Waals surface area (Å²) in [6.07, 6.45) is 0.674. The fourth-order valence-electron chi connectivity index (χ4n) is 1.12. The summed E-state index contributed by atoms with van der Waals surface area (Å²) in [6, 6.07) is -0.0355. The van der Waals surface area contributed by atoms with Gasteiger partial charge in [-0.1, -0.05) is 0 Å². The molecule has 1 atom stereocenters. The monoisotopic (exact) mass is 228 g/mol. The number of aliphatic carboxylic acids is 1. The Kier molecular flexibility index (Phi) is 3.51. The van der Waals surface area contributed by atoms with Gasteiger partial charge in [-0.2, -0.15) is 0 Å². The van der Waals surface area contributed by atoms with Crippen molar-refractivity contribution in [2.45, 2.75) is 12.5 Å². The standard InChI is InChI=1S/C9H9FN2O4/c10-5-1-4(6(11)2-7(13)14)3-12-8(5)9(15)16/h1,3,6H,2,11H2,(H,13,14)(H,15,16)/t6-/m0/s1. The molecule has 0 bridgehead atoms. The first kappa shape index (κ1) is 12.1. The minimum Gasteiger partial charge on any atom is -0.481 e. The lowest BCUT2D eigenvalue weighted by atomic mass is 10.1. The van der Waals surface area contributed by atoms with Gasteiger partial charge in [0.2, 0.25) is 0 Å². The van der Waals surface area contributed by atoms with Crippen molar-refractivity contribution in [1.82, 2.24) is 4.98 Å². The van der Waals surface area contributed by atoms with Crippen LogP contribution in [0.2, 0.25) is 0 Å². The molecule has 4 N–H and O–H groups in total. The van der Waals surface area contributed by atoms with Gasteiger partial charge in [0.25, 0.3) is 0 Å². The summed E-state index contributed by atoms with van der Waals surface area (Å²) < 4.78 is 13.2. The number of carboxylic acid groups (broad SMARTS) is 2. The molecular weight excluding hydrogens is 219 g/mol. The molecular formula is C9H9FN2O4. The summed E-state index contributed by atoms with van der Waals surface area (Å²) in [5, 5.41) is 17.0. The number of rotatable bonds is 4. The van der Waals surface area contributed by atoms with Crippen molar-refractivity contribution in [3.8, 4) is 0 Å². The number of pyridine rings is 1. The van der Waals surface area contributed by atoms with E-state index in [0.29, 0.717) is 0 Å². The average molecular weight is 228 g/mol. The molecule has 1 aromatic heterocycles. The second-order valence-electron chi connectivity index (χ2n) is 3.11. The summed E-state index contributed by atoms with van der Waals surface area (Å²) in [5.74, 6) is -3.66. The number of carboxylic acids is 2. The highest BCUT2D eigenvalue weighted by Crippen LogP contribution is 2.15. The maximum absolute atomic E-state index is 13.2. The molecule has 0 aliphatic rings. The molecule has 0 unspecified atom stereocenters. The first-order chi connectivity index (χ1) is 7.41. The Balaban J connectivity index is 2.96. The van der Waals surface area contributed by atoms with Gasteiger partial charge in [-0.3, -0.25) is 4.79 Å². The predicted octanol–water partition coefficient (Wildman–Crippen LogP) is 0.393. The molecule has 0 amide bonds. The van der Waals surface area contributed by atoms with Gasteiger partial charge in [-0.05, 0) is 11.6 Å². The minimum atomic E-state index is -1.49. The Morgan fingerprint density at radius 3 is 2.56 bits per heavy atom. The third-order valence-corrected chi connectivity index (χ3v) is 1.89. The zero-order valence-electron chi connectivity index (χ0n) is 8.05. The van der Waals surface area contributed by atoms with Crippen LogP contribution in [0.1, 0.15) is 28.5 Å². The van der Waals surface area contributed by atoms with Crippen molar-refractivity contribution in [3.05, 3.63) is 29.3 Å². The molecule has 0 aromatic carbocycles. The first-order valence-electron chi connectivity index (χ1n) is 4.28. The van der Waals surface area contributed by atoms with Crippen molar-refractivity contribution < 1.29 is 24.2 Å². The van der Waals surface area contributed by atoms with Gasteiger partial charge in [0, 0.05) is 12.2 Å². The number of aromatic nitrogens is 1. The van der Waals surface area contributed by atoms with Gasteiger partial charge in [-0.25, -0.2) is 14.2 Å². The maximum atomic E-state index is 13.2. The Morgan fingerprint density at radius 1 is 1.50 bits per heavy atom. The average Bonchev–Trinajstić information content (AvgIpc) is 2.15. The van der Waals surface area contributed by atoms with Crippen LogP contribution in [-0.4, -0.2) is 27.1 Å². The second-order valence-corrected chi connectivity index (χ2v) is 3.11. The molecule has 1 rings (SSSR count). The summed E-state index contributed by atoms with van der Waals surface area (Å²) in [4.78, 5) is 24.2. The zero-order chi connectivity index (χ0) is 12.3. The third-order valence-electron chi connectivity index (χ3n) is 1.89. The topological polar surface area (TPSA) is 114 Å². The number of carbonyl (C=O) groups is 2.